The van der Waals surface area contributed by atoms with Crippen LogP contribution >= 0.6 is 11.8 Å². The lowest BCUT2D eigenvalue weighted by Crippen LogP contribution is -2.35. The topological polar surface area (TPSA) is 87.3 Å². The van der Waals surface area contributed by atoms with Crippen molar-refractivity contribution in [2.45, 2.75) is 37.5 Å². The molecule has 5 rings (SSSR count). The van der Waals surface area contributed by atoms with E-state index in [9.17, 15) is 9.59 Å². The number of rotatable bonds is 9. The van der Waals surface area contributed by atoms with Crippen molar-refractivity contribution in [1.29, 1.82) is 0 Å². The van der Waals surface area contributed by atoms with E-state index in [4.69, 9.17) is 4.74 Å². The highest BCUT2D eigenvalue weighted by molar-refractivity contribution is 8.00. The number of aromatic amines is 1. The average molecular weight is 493 g/mol. The van der Waals surface area contributed by atoms with E-state index in [0.717, 1.165) is 38.0 Å². The molecule has 3 heterocycles. The molecule has 3 aromatic rings. The third-order valence-corrected chi connectivity index (χ3v) is 8.09. The predicted molar refractivity (Wildman–Crippen MR) is 138 cm³/mol. The van der Waals surface area contributed by atoms with Gasteiger partial charge in [0.15, 0.2) is 0 Å². The van der Waals surface area contributed by atoms with Crippen LogP contribution in [0.3, 0.4) is 0 Å². The van der Waals surface area contributed by atoms with Gasteiger partial charge in [-0.25, -0.2) is 0 Å². The largest absolute Gasteiger partial charge is 0.465 e. The van der Waals surface area contributed by atoms with Gasteiger partial charge in [0.05, 0.1) is 18.3 Å². The number of H-pyrrole nitrogens is 1. The molecule has 7 nitrogen and oxygen atoms in total. The van der Waals surface area contributed by atoms with Gasteiger partial charge in [-0.05, 0) is 67.1 Å². The number of cyclic esters (lactones) is 1. The molecular weight excluding hydrogens is 460 g/mol. The molecule has 8 heteroatoms. The van der Waals surface area contributed by atoms with Gasteiger partial charge >= 0.3 is 5.97 Å². The fourth-order valence-electron chi connectivity index (χ4n) is 5.08. The quantitative estimate of drug-likeness (QED) is 0.349. The SMILES string of the molecule is O=C(NCCSC1CCOC1=O)c1cccc(CN2CCCC(Cc3ccc4[nH]ncc4c3)C2)c1. The maximum atomic E-state index is 12.6. The number of aromatic nitrogens is 2. The summed E-state index contributed by atoms with van der Waals surface area (Å²) in [5, 5.41) is 11.2. The van der Waals surface area contributed by atoms with Crippen molar-refractivity contribution in [2.24, 2.45) is 5.92 Å². The number of likely N-dealkylation sites (tertiary alicyclic amines) is 1. The highest BCUT2D eigenvalue weighted by Crippen LogP contribution is 2.24. The molecule has 2 aliphatic rings. The number of esters is 1. The zero-order valence-corrected chi connectivity index (χ0v) is 20.7. The maximum absolute atomic E-state index is 12.6. The molecule has 0 saturated carbocycles. The molecule has 0 spiro atoms. The zero-order valence-electron chi connectivity index (χ0n) is 19.9. The Morgan fingerprint density at radius 1 is 1.20 bits per heavy atom. The first kappa shape index (κ1) is 23.9. The molecule has 184 valence electrons. The number of nitrogens with zero attached hydrogens (tertiary/aromatic N) is 2. The van der Waals surface area contributed by atoms with Crippen molar-refractivity contribution in [1.82, 2.24) is 20.4 Å². The average Bonchev–Trinajstić information content (AvgIpc) is 3.50. The Morgan fingerprint density at radius 3 is 3.03 bits per heavy atom. The van der Waals surface area contributed by atoms with E-state index < -0.39 is 0 Å². The van der Waals surface area contributed by atoms with E-state index in [2.05, 4.69) is 44.7 Å². The monoisotopic (exact) mass is 492 g/mol. The Balaban J connectivity index is 1.10. The van der Waals surface area contributed by atoms with E-state index in [1.807, 2.05) is 24.4 Å². The molecule has 35 heavy (non-hydrogen) atoms. The summed E-state index contributed by atoms with van der Waals surface area (Å²) in [6, 6.07) is 14.5. The molecule has 0 aliphatic carbocycles. The highest BCUT2D eigenvalue weighted by atomic mass is 32.2. The van der Waals surface area contributed by atoms with Gasteiger partial charge in [-0.15, -0.1) is 11.8 Å². The van der Waals surface area contributed by atoms with Crippen LogP contribution in [0.15, 0.2) is 48.7 Å². The van der Waals surface area contributed by atoms with Crippen molar-refractivity contribution < 1.29 is 14.3 Å². The molecule has 2 saturated heterocycles. The van der Waals surface area contributed by atoms with Crippen LogP contribution < -0.4 is 5.32 Å². The minimum atomic E-state index is -0.131. The lowest BCUT2D eigenvalue weighted by Gasteiger charge is -2.33. The zero-order chi connectivity index (χ0) is 24.0. The van der Waals surface area contributed by atoms with Crippen molar-refractivity contribution in [3.05, 3.63) is 65.4 Å². The summed E-state index contributed by atoms with van der Waals surface area (Å²) < 4.78 is 4.98. The molecule has 2 unspecified atom stereocenters. The summed E-state index contributed by atoms with van der Waals surface area (Å²) in [4.78, 5) is 26.7. The van der Waals surface area contributed by atoms with E-state index >= 15 is 0 Å². The van der Waals surface area contributed by atoms with Gasteiger partial charge in [-0.1, -0.05) is 18.2 Å². The van der Waals surface area contributed by atoms with Gasteiger partial charge in [0.1, 0.15) is 5.25 Å². The molecule has 2 aliphatic heterocycles. The van der Waals surface area contributed by atoms with E-state index in [-0.39, 0.29) is 17.1 Å². The molecule has 1 amide bonds. The van der Waals surface area contributed by atoms with Crippen LogP contribution in [0.25, 0.3) is 10.9 Å². The van der Waals surface area contributed by atoms with Crippen LogP contribution in [0, 0.1) is 5.92 Å². The Bertz CT molecular complexity index is 1180. The van der Waals surface area contributed by atoms with E-state index in [1.54, 1.807) is 11.8 Å². The number of hydrogen-bond acceptors (Lipinski definition) is 6. The number of benzene rings is 2. The summed E-state index contributed by atoms with van der Waals surface area (Å²) >= 11 is 1.56. The van der Waals surface area contributed by atoms with Crippen molar-refractivity contribution in [2.75, 3.05) is 32.0 Å². The first-order chi connectivity index (χ1) is 17.1. The van der Waals surface area contributed by atoms with Crippen LogP contribution in [-0.4, -0.2) is 64.2 Å². The van der Waals surface area contributed by atoms with Crippen molar-refractivity contribution >= 4 is 34.5 Å². The fourth-order valence-corrected chi connectivity index (χ4v) is 6.05. The van der Waals surface area contributed by atoms with E-state index in [0.29, 0.717) is 30.4 Å². The van der Waals surface area contributed by atoms with Gasteiger partial charge in [-0.3, -0.25) is 19.6 Å². The Labute approximate surface area is 210 Å². The molecule has 1 aromatic heterocycles. The molecule has 0 bridgehead atoms. The lowest BCUT2D eigenvalue weighted by molar-refractivity contribution is -0.137. The van der Waals surface area contributed by atoms with Crippen LogP contribution in [0.1, 0.15) is 40.7 Å². The van der Waals surface area contributed by atoms with Crippen molar-refractivity contribution in [3.63, 3.8) is 0 Å². The van der Waals surface area contributed by atoms with Gasteiger partial charge in [-0.2, -0.15) is 5.10 Å². The van der Waals surface area contributed by atoms with Crippen LogP contribution in [0.4, 0.5) is 0 Å². The summed E-state index contributed by atoms with van der Waals surface area (Å²) in [6.45, 7) is 4.07. The number of piperidine rings is 1. The number of carbonyl (C=O) groups excluding carboxylic acids is 2. The normalized spacial score (nSPS) is 20.7. The predicted octanol–water partition coefficient (Wildman–Crippen LogP) is 3.80. The van der Waals surface area contributed by atoms with Gasteiger partial charge in [0.25, 0.3) is 5.91 Å². The third kappa shape index (κ3) is 6.24. The summed E-state index contributed by atoms with van der Waals surface area (Å²) in [7, 11) is 0. The number of fused-ring (bicyclic) bond motifs is 1. The van der Waals surface area contributed by atoms with Crippen molar-refractivity contribution in [3.8, 4) is 0 Å². The number of hydrogen-bond donors (Lipinski definition) is 2. The Morgan fingerprint density at radius 2 is 2.14 bits per heavy atom. The number of thioether (sulfide) groups is 1. The Kier molecular flexibility index (Phi) is 7.69. The first-order valence-electron chi connectivity index (χ1n) is 12.4. The highest BCUT2D eigenvalue weighted by Gasteiger charge is 2.26. The fraction of sp³-hybridized carbons (Fsp3) is 0.444. The van der Waals surface area contributed by atoms with E-state index in [1.165, 1.54) is 29.4 Å². The molecule has 2 aromatic carbocycles. The van der Waals surface area contributed by atoms with Crippen LogP contribution in [-0.2, 0) is 22.5 Å². The summed E-state index contributed by atoms with van der Waals surface area (Å²) in [6.07, 6.45) is 6.18. The molecule has 0 radical (unpaired) electrons. The van der Waals surface area contributed by atoms with Gasteiger partial charge in [0.2, 0.25) is 0 Å². The summed E-state index contributed by atoms with van der Waals surface area (Å²) in [5.74, 6) is 1.14. The van der Waals surface area contributed by atoms with Crippen LogP contribution in [0.2, 0.25) is 0 Å². The smallest absolute Gasteiger partial charge is 0.319 e. The second-order valence-electron chi connectivity index (χ2n) is 9.51. The minimum absolute atomic E-state index is 0.0624. The molecular formula is C27H32N4O3S. The van der Waals surface area contributed by atoms with Gasteiger partial charge in [0, 0.05) is 42.8 Å². The summed E-state index contributed by atoms with van der Waals surface area (Å²) in [5.41, 5.74) is 4.31. The number of nitrogens with one attached hydrogen (secondary N) is 2. The number of carbonyl (C=O) groups is 2. The van der Waals surface area contributed by atoms with Gasteiger partial charge < -0.3 is 10.1 Å². The minimum Gasteiger partial charge on any atom is -0.465 e. The molecule has 2 fully saturated rings. The first-order valence-corrected chi connectivity index (χ1v) is 13.5. The van der Waals surface area contributed by atoms with Crippen LogP contribution in [0.5, 0.6) is 0 Å². The Hall–Kier alpha value is -2.84. The number of amides is 1. The standard InChI is InChI=1S/C27H32N4O3S/c32-26(28-9-12-35-25-8-11-34-27(25)33)22-5-1-3-21(15-22)18-31-10-2-4-20(17-31)13-19-6-7-24-23(14-19)16-29-30-24/h1,3,5-7,14-16,20,25H,2,4,8-13,17-18H2,(H,28,32)(H,29,30). The second kappa shape index (κ2) is 11.3. The lowest BCUT2D eigenvalue weighted by atomic mass is 9.90. The number of ether oxygens (including phenoxy) is 1. The molecule has 2 atom stereocenters. The maximum Gasteiger partial charge on any atom is 0.319 e. The second-order valence-corrected chi connectivity index (χ2v) is 10.8. The third-order valence-electron chi connectivity index (χ3n) is 6.82. The molecule has 2 N–H and O–H groups in total.